The molecule has 1 unspecified atom stereocenters. The Bertz CT molecular complexity index is 1080. The van der Waals surface area contributed by atoms with Gasteiger partial charge < -0.3 is 10.1 Å². The number of hydrogen-bond donors (Lipinski definition) is 1. The zero-order chi connectivity index (χ0) is 23.9. The molecule has 3 aromatic rings. The predicted octanol–water partition coefficient (Wildman–Crippen LogP) is 4.84. The van der Waals surface area contributed by atoms with Gasteiger partial charge in [-0.25, -0.2) is 4.39 Å². The molecular weight excluding hydrogens is 451 g/mol. The van der Waals surface area contributed by atoms with Crippen molar-refractivity contribution in [3.05, 3.63) is 65.5 Å². The van der Waals surface area contributed by atoms with Gasteiger partial charge in [0.15, 0.2) is 11.0 Å². The fraction of sp³-hybridized carbons (Fsp3) is 0.423. The van der Waals surface area contributed by atoms with Crippen LogP contribution in [0.3, 0.4) is 0 Å². The molecule has 1 fully saturated rings. The minimum atomic E-state index is -0.295. The standard InChI is InChI=1S/C26H31FN4O2S/c1-18(2)20-7-5-19(6-8-20)13-14-28-24(32)17-34-26-30-29-25(21-9-11-22(27)12-10-21)31(26)16-23-4-3-15-33-23/h5-12,18,23H,3-4,13-17H2,1-2H3,(H,28,32). The molecular formula is C26H31FN4O2S. The zero-order valence-corrected chi connectivity index (χ0v) is 20.5. The fourth-order valence-corrected chi connectivity index (χ4v) is 4.74. The Kier molecular flexibility index (Phi) is 8.34. The largest absolute Gasteiger partial charge is 0.376 e. The van der Waals surface area contributed by atoms with E-state index in [1.807, 2.05) is 4.57 Å². The van der Waals surface area contributed by atoms with Gasteiger partial charge in [0, 0.05) is 18.7 Å². The van der Waals surface area contributed by atoms with Crippen LogP contribution in [-0.2, 0) is 22.5 Å². The van der Waals surface area contributed by atoms with Crippen LogP contribution < -0.4 is 5.32 Å². The van der Waals surface area contributed by atoms with Crippen molar-refractivity contribution in [1.29, 1.82) is 0 Å². The third-order valence-corrected chi connectivity index (χ3v) is 6.91. The van der Waals surface area contributed by atoms with Crippen molar-refractivity contribution in [2.75, 3.05) is 18.9 Å². The smallest absolute Gasteiger partial charge is 0.230 e. The Hall–Kier alpha value is -2.71. The van der Waals surface area contributed by atoms with Crippen LogP contribution in [0.2, 0.25) is 0 Å². The number of nitrogens with zero attached hydrogens (tertiary/aromatic N) is 3. The second-order valence-corrected chi connectivity index (χ2v) is 9.79. The number of hydrogen-bond acceptors (Lipinski definition) is 5. The molecule has 1 saturated heterocycles. The average Bonchev–Trinajstić information content (AvgIpc) is 3.49. The van der Waals surface area contributed by atoms with E-state index >= 15 is 0 Å². The molecule has 1 amide bonds. The summed E-state index contributed by atoms with van der Waals surface area (Å²) < 4.78 is 21.2. The van der Waals surface area contributed by atoms with Crippen LogP contribution >= 0.6 is 11.8 Å². The van der Waals surface area contributed by atoms with Crippen molar-refractivity contribution < 1.29 is 13.9 Å². The van der Waals surface area contributed by atoms with Gasteiger partial charge in [0.05, 0.1) is 18.4 Å². The topological polar surface area (TPSA) is 69.0 Å². The van der Waals surface area contributed by atoms with E-state index in [4.69, 9.17) is 4.74 Å². The van der Waals surface area contributed by atoms with Gasteiger partial charge in [0.1, 0.15) is 5.82 Å². The average molecular weight is 483 g/mol. The lowest BCUT2D eigenvalue weighted by Crippen LogP contribution is -2.27. The van der Waals surface area contributed by atoms with E-state index in [9.17, 15) is 9.18 Å². The lowest BCUT2D eigenvalue weighted by molar-refractivity contribution is -0.118. The third kappa shape index (κ3) is 6.45. The molecule has 34 heavy (non-hydrogen) atoms. The molecule has 0 saturated carbocycles. The van der Waals surface area contributed by atoms with Gasteiger partial charge in [-0.3, -0.25) is 9.36 Å². The summed E-state index contributed by atoms with van der Waals surface area (Å²) in [6.07, 6.45) is 2.89. The highest BCUT2D eigenvalue weighted by Crippen LogP contribution is 2.26. The molecule has 4 rings (SSSR count). The number of amides is 1. The second-order valence-electron chi connectivity index (χ2n) is 8.84. The highest BCUT2D eigenvalue weighted by atomic mass is 32.2. The van der Waals surface area contributed by atoms with E-state index in [0.717, 1.165) is 31.4 Å². The molecule has 2 heterocycles. The molecule has 0 spiro atoms. The summed E-state index contributed by atoms with van der Waals surface area (Å²) in [6, 6.07) is 14.8. The summed E-state index contributed by atoms with van der Waals surface area (Å²) >= 11 is 1.36. The summed E-state index contributed by atoms with van der Waals surface area (Å²) in [4.78, 5) is 12.5. The first-order valence-electron chi connectivity index (χ1n) is 11.8. The van der Waals surface area contributed by atoms with Crippen LogP contribution in [0.5, 0.6) is 0 Å². The van der Waals surface area contributed by atoms with Crippen LogP contribution in [-0.4, -0.2) is 45.7 Å². The molecule has 1 aliphatic heterocycles. The molecule has 6 nitrogen and oxygen atoms in total. The van der Waals surface area contributed by atoms with Crippen molar-refractivity contribution >= 4 is 17.7 Å². The molecule has 1 aliphatic rings. The molecule has 1 N–H and O–H groups in total. The lowest BCUT2D eigenvalue weighted by atomic mass is 10.0. The van der Waals surface area contributed by atoms with Crippen molar-refractivity contribution in [3.63, 3.8) is 0 Å². The SMILES string of the molecule is CC(C)c1ccc(CCNC(=O)CSc2nnc(-c3ccc(F)cc3)n2CC2CCCO2)cc1. The highest BCUT2D eigenvalue weighted by Gasteiger charge is 2.22. The van der Waals surface area contributed by atoms with E-state index in [1.54, 1.807) is 12.1 Å². The number of nitrogens with one attached hydrogen (secondary N) is 1. The van der Waals surface area contributed by atoms with Crippen LogP contribution in [0.4, 0.5) is 4.39 Å². The maximum atomic E-state index is 13.4. The van der Waals surface area contributed by atoms with E-state index in [-0.39, 0.29) is 23.6 Å². The monoisotopic (exact) mass is 482 g/mol. The maximum absolute atomic E-state index is 13.4. The first-order chi connectivity index (χ1) is 16.5. The van der Waals surface area contributed by atoms with E-state index < -0.39 is 0 Å². The van der Waals surface area contributed by atoms with Crippen molar-refractivity contribution in [2.24, 2.45) is 0 Å². The van der Waals surface area contributed by atoms with Gasteiger partial charge in [-0.1, -0.05) is 49.9 Å². The maximum Gasteiger partial charge on any atom is 0.230 e. The van der Waals surface area contributed by atoms with E-state index in [1.165, 1.54) is 35.0 Å². The Labute approximate surface area is 204 Å². The predicted molar refractivity (Wildman–Crippen MR) is 132 cm³/mol. The number of benzene rings is 2. The van der Waals surface area contributed by atoms with Gasteiger partial charge in [-0.2, -0.15) is 0 Å². The van der Waals surface area contributed by atoms with E-state index in [2.05, 4.69) is 53.6 Å². The van der Waals surface area contributed by atoms with Crippen LogP contribution in [0.25, 0.3) is 11.4 Å². The van der Waals surface area contributed by atoms with Gasteiger partial charge in [-0.05, 0) is 60.6 Å². The van der Waals surface area contributed by atoms with Crippen molar-refractivity contribution in [3.8, 4) is 11.4 Å². The third-order valence-electron chi connectivity index (χ3n) is 5.94. The Balaban J connectivity index is 1.34. The first kappa shape index (κ1) is 24.4. The van der Waals surface area contributed by atoms with Gasteiger partial charge in [0.25, 0.3) is 0 Å². The lowest BCUT2D eigenvalue weighted by Gasteiger charge is -2.14. The summed E-state index contributed by atoms with van der Waals surface area (Å²) in [5.74, 6) is 1.08. The van der Waals surface area contributed by atoms with Crippen LogP contribution in [0.1, 0.15) is 43.7 Å². The Morgan fingerprint density at radius 3 is 2.62 bits per heavy atom. The number of halogens is 1. The zero-order valence-electron chi connectivity index (χ0n) is 19.7. The fourth-order valence-electron chi connectivity index (χ4n) is 3.96. The summed E-state index contributed by atoms with van der Waals surface area (Å²) in [5, 5.41) is 12.3. The molecule has 1 atom stereocenters. The summed E-state index contributed by atoms with van der Waals surface area (Å²) in [6.45, 7) is 6.30. The first-order valence-corrected chi connectivity index (χ1v) is 12.8. The van der Waals surface area contributed by atoms with Crippen LogP contribution in [0, 0.1) is 5.82 Å². The summed E-state index contributed by atoms with van der Waals surface area (Å²) in [7, 11) is 0. The number of aromatic nitrogens is 3. The quantitative estimate of drug-likeness (QED) is 0.419. The molecule has 180 valence electrons. The minimum absolute atomic E-state index is 0.0428. The number of thioether (sulfide) groups is 1. The molecule has 0 bridgehead atoms. The van der Waals surface area contributed by atoms with Crippen molar-refractivity contribution in [2.45, 2.75) is 56.8 Å². The number of rotatable bonds is 10. The van der Waals surface area contributed by atoms with Crippen molar-refractivity contribution in [1.82, 2.24) is 20.1 Å². The molecule has 0 radical (unpaired) electrons. The number of carbonyl (C=O) groups is 1. The minimum Gasteiger partial charge on any atom is -0.376 e. The number of ether oxygens (including phenoxy) is 1. The van der Waals surface area contributed by atoms with Gasteiger partial charge in [-0.15, -0.1) is 10.2 Å². The van der Waals surface area contributed by atoms with E-state index in [0.29, 0.717) is 30.0 Å². The van der Waals surface area contributed by atoms with Gasteiger partial charge >= 0.3 is 0 Å². The number of carbonyl (C=O) groups excluding carboxylic acids is 1. The Morgan fingerprint density at radius 1 is 1.18 bits per heavy atom. The van der Waals surface area contributed by atoms with Gasteiger partial charge in [0.2, 0.25) is 5.91 Å². The summed E-state index contributed by atoms with van der Waals surface area (Å²) in [5.41, 5.74) is 3.31. The normalized spacial score (nSPS) is 15.7. The molecule has 2 aromatic carbocycles. The highest BCUT2D eigenvalue weighted by molar-refractivity contribution is 7.99. The second kappa shape index (κ2) is 11.6. The van der Waals surface area contributed by atoms with Crippen LogP contribution in [0.15, 0.2) is 53.7 Å². The molecule has 0 aliphatic carbocycles. The molecule has 1 aromatic heterocycles. The molecule has 8 heteroatoms. The Morgan fingerprint density at radius 2 is 1.94 bits per heavy atom.